The predicted octanol–water partition coefficient (Wildman–Crippen LogP) is 2.71. The van der Waals surface area contributed by atoms with Gasteiger partial charge in [-0.15, -0.1) is 0 Å². The molecule has 0 radical (unpaired) electrons. The van der Waals surface area contributed by atoms with Gasteiger partial charge in [-0.05, 0) is 30.4 Å². The number of fused-ring (bicyclic) bond motifs is 1. The first kappa shape index (κ1) is 13.2. The van der Waals surface area contributed by atoms with Crippen LogP contribution in [0.1, 0.15) is 35.7 Å². The zero-order valence-corrected chi connectivity index (χ0v) is 11.6. The third-order valence-electron chi connectivity index (χ3n) is 3.42. The maximum atomic E-state index is 10.5. The highest BCUT2D eigenvalue weighted by Gasteiger charge is 2.25. The van der Waals surface area contributed by atoms with E-state index in [1.165, 1.54) is 11.1 Å². The number of hydrogen-bond donors (Lipinski definition) is 1. The normalized spacial score (nSPS) is 17.7. The van der Waals surface area contributed by atoms with Gasteiger partial charge in [-0.1, -0.05) is 41.2 Å². The zero-order valence-electron chi connectivity index (χ0n) is 10.8. The highest BCUT2D eigenvalue weighted by molar-refractivity contribution is 7.99. The molecule has 0 amide bonds. The van der Waals surface area contributed by atoms with Gasteiger partial charge in [0.2, 0.25) is 0 Å². The fourth-order valence-electron chi connectivity index (χ4n) is 2.57. The van der Waals surface area contributed by atoms with Crippen molar-refractivity contribution in [2.24, 2.45) is 0 Å². The van der Waals surface area contributed by atoms with E-state index < -0.39 is 5.97 Å². The summed E-state index contributed by atoms with van der Waals surface area (Å²) in [4.78, 5) is 14.9. The second-order valence-corrected chi connectivity index (χ2v) is 5.67. The Kier molecular flexibility index (Phi) is 3.73. The molecule has 0 aliphatic heterocycles. The summed E-state index contributed by atoms with van der Waals surface area (Å²) in [5, 5.41) is 13.0. The van der Waals surface area contributed by atoms with Crippen molar-refractivity contribution in [2.75, 3.05) is 5.75 Å². The maximum absolute atomic E-state index is 10.5. The largest absolute Gasteiger partial charge is 0.481 e. The predicted molar refractivity (Wildman–Crippen MR) is 73.9 cm³/mol. The summed E-state index contributed by atoms with van der Waals surface area (Å²) in [6.45, 7) is 0. The molecule has 0 spiro atoms. The van der Waals surface area contributed by atoms with Crippen LogP contribution in [0.3, 0.4) is 0 Å². The highest BCUT2D eigenvalue weighted by atomic mass is 32.2. The minimum Gasteiger partial charge on any atom is -0.481 e. The Hall–Kier alpha value is -1.82. The van der Waals surface area contributed by atoms with Gasteiger partial charge in [0, 0.05) is 5.92 Å². The summed E-state index contributed by atoms with van der Waals surface area (Å²) in [6, 6.07) is 8.32. The van der Waals surface area contributed by atoms with E-state index in [4.69, 9.17) is 9.63 Å². The molecule has 0 bridgehead atoms. The molecule has 1 heterocycles. The number of aryl methyl sites for hydroxylation is 1. The molecule has 0 saturated carbocycles. The Bertz CT molecular complexity index is 626. The first-order valence-electron chi connectivity index (χ1n) is 6.50. The quantitative estimate of drug-likeness (QED) is 0.872. The molecule has 3 rings (SSSR count). The number of aliphatic carboxylic acids is 1. The number of carboxylic acids is 1. The average Bonchev–Trinajstić information content (AvgIpc) is 2.93. The highest BCUT2D eigenvalue weighted by Crippen LogP contribution is 2.35. The lowest BCUT2D eigenvalue weighted by Gasteiger charge is -2.22. The molecule has 1 unspecified atom stereocenters. The van der Waals surface area contributed by atoms with Gasteiger partial charge in [-0.25, -0.2) is 0 Å². The first-order valence-corrected chi connectivity index (χ1v) is 7.48. The van der Waals surface area contributed by atoms with Crippen LogP contribution in [0.15, 0.2) is 34.0 Å². The summed E-state index contributed by atoms with van der Waals surface area (Å²) in [5.74, 6) is -0.145. The first-order chi connectivity index (χ1) is 9.74. The van der Waals surface area contributed by atoms with Crippen molar-refractivity contribution >= 4 is 17.7 Å². The molecule has 1 aromatic heterocycles. The van der Waals surface area contributed by atoms with Crippen molar-refractivity contribution in [3.05, 3.63) is 41.2 Å². The van der Waals surface area contributed by atoms with E-state index in [1.54, 1.807) is 0 Å². The Morgan fingerprint density at radius 3 is 3.15 bits per heavy atom. The third kappa shape index (κ3) is 2.70. The lowest BCUT2D eigenvalue weighted by Crippen LogP contribution is -2.12. The number of carboxylic acid groups (broad SMARTS) is 1. The van der Waals surface area contributed by atoms with Crippen LogP contribution in [0.25, 0.3) is 0 Å². The van der Waals surface area contributed by atoms with Gasteiger partial charge in [-0.3, -0.25) is 4.79 Å². The molecule has 0 fully saturated rings. The maximum Gasteiger partial charge on any atom is 0.314 e. The Labute approximate surface area is 120 Å². The molecule has 6 heteroatoms. The second-order valence-electron chi connectivity index (χ2n) is 4.74. The van der Waals surface area contributed by atoms with Gasteiger partial charge in [0.1, 0.15) is 5.75 Å². The van der Waals surface area contributed by atoms with Crippen LogP contribution in [0.5, 0.6) is 0 Å². The van der Waals surface area contributed by atoms with E-state index in [-0.39, 0.29) is 11.7 Å². The van der Waals surface area contributed by atoms with Crippen molar-refractivity contribution in [1.29, 1.82) is 0 Å². The lowest BCUT2D eigenvalue weighted by atomic mass is 9.82. The van der Waals surface area contributed by atoms with Crippen molar-refractivity contribution in [1.82, 2.24) is 10.1 Å². The summed E-state index contributed by atoms with van der Waals surface area (Å²) in [6.07, 6.45) is 3.19. The molecule has 2 aromatic rings. The monoisotopic (exact) mass is 290 g/mol. The number of benzene rings is 1. The fourth-order valence-corrected chi connectivity index (χ4v) is 3.06. The Balaban J connectivity index is 1.82. The molecular formula is C14H14N2O3S. The molecule has 1 atom stereocenters. The summed E-state index contributed by atoms with van der Waals surface area (Å²) in [7, 11) is 0. The van der Waals surface area contributed by atoms with Crippen molar-refractivity contribution in [3.63, 3.8) is 0 Å². The smallest absolute Gasteiger partial charge is 0.314 e. The summed E-state index contributed by atoms with van der Waals surface area (Å²) in [5.41, 5.74) is 2.60. The van der Waals surface area contributed by atoms with Crippen LogP contribution in [-0.2, 0) is 11.2 Å². The number of hydrogen-bond acceptors (Lipinski definition) is 5. The van der Waals surface area contributed by atoms with Gasteiger partial charge in [0.25, 0.3) is 5.22 Å². The van der Waals surface area contributed by atoms with Crippen LogP contribution in [-0.4, -0.2) is 27.0 Å². The van der Waals surface area contributed by atoms with Crippen LogP contribution in [0.4, 0.5) is 0 Å². The van der Waals surface area contributed by atoms with Crippen LogP contribution >= 0.6 is 11.8 Å². The number of thioether (sulfide) groups is 1. The molecule has 0 saturated heterocycles. The Morgan fingerprint density at radius 2 is 2.30 bits per heavy atom. The fraction of sp³-hybridized carbons (Fsp3) is 0.357. The average molecular weight is 290 g/mol. The standard InChI is InChI=1S/C14H14N2O3S/c17-12(18)8-20-14-15-13(16-19-14)11-7-3-5-9-4-1-2-6-10(9)11/h1-2,4,6,11H,3,5,7-8H2,(H,17,18). The van der Waals surface area contributed by atoms with Gasteiger partial charge in [0.15, 0.2) is 5.82 Å². The number of aromatic nitrogens is 2. The molecule has 1 aliphatic carbocycles. The molecule has 1 aliphatic rings. The molecule has 5 nitrogen and oxygen atoms in total. The SMILES string of the molecule is O=C(O)CSc1nc(C2CCCc3ccccc32)no1. The van der Waals surface area contributed by atoms with Crippen LogP contribution in [0, 0.1) is 0 Å². The Morgan fingerprint density at radius 1 is 1.45 bits per heavy atom. The molecule has 104 valence electrons. The van der Waals surface area contributed by atoms with E-state index >= 15 is 0 Å². The van der Waals surface area contributed by atoms with Crippen molar-refractivity contribution in [3.8, 4) is 0 Å². The lowest BCUT2D eigenvalue weighted by molar-refractivity contribution is -0.133. The van der Waals surface area contributed by atoms with Gasteiger partial charge in [0.05, 0.1) is 0 Å². The number of rotatable bonds is 4. The van der Waals surface area contributed by atoms with E-state index in [9.17, 15) is 4.79 Å². The van der Waals surface area contributed by atoms with E-state index in [1.807, 2.05) is 12.1 Å². The summed E-state index contributed by atoms with van der Waals surface area (Å²) >= 11 is 1.05. The molecule has 1 N–H and O–H groups in total. The van der Waals surface area contributed by atoms with E-state index in [0.29, 0.717) is 11.0 Å². The minimum absolute atomic E-state index is 0.0666. The van der Waals surface area contributed by atoms with Gasteiger partial charge in [-0.2, -0.15) is 4.98 Å². The molecular weight excluding hydrogens is 276 g/mol. The van der Waals surface area contributed by atoms with Crippen molar-refractivity contribution in [2.45, 2.75) is 30.4 Å². The zero-order chi connectivity index (χ0) is 13.9. The van der Waals surface area contributed by atoms with Crippen molar-refractivity contribution < 1.29 is 14.4 Å². The molecule has 1 aromatic carbocycles. The van der Waals surface area contributed by atoms with Gasteiger partial charge < -0.3 is 9.63 Å². The van der Waals surface area contributed by atoms with Crippen LogP contribution in [0.2, 0.25) is 0 Å². The van der Waals surface area contributed by atoms with Crippen LogP contribution < -0.4 is 0 Å². The van der Waals surface area contributed by atoms with E-state index in [2.05, 4.69) is 22.3 Å². The second kappa shape index (κ2) is 5.66. The molecule has 20 heavy (non-hydrogen) atoms. The topological polar surface area (TPSA) is 76.2 Å². The van der Waals surface area contributed by atoms with E-state index in [0.717, 1.165) is 31.0 Å². The van der Waals surface area contributed by atoms with Gasteiger partial charge >= 0.3 is 5.97 Å². The summed E-state index contributed by atoms with van der Waals surface area (Å²) < 4.78 is 5.12. The third-order valence-corrected chi connectivity index (χ3v) is 4.23. The number of carbonyl (C=O) groups is 1. The number of nitrogens with zero attached hydrogens (tertiary/aromatic N) is 2. The minimum atomic E-state index is -0.891.